The molecule has 3 atom stereocenters. The molecule has 0 spiro atoms. The highest BCUT2D eigenvalue weighted by atomic mass is 127. The molecule has 1 saturated heterocycles. The lowest BCUT2D eigenvalue weighted by atomic mass is 9.55. The van der Waals surface area contributed by atoms with Gasteiger partial charge in [-0.05, 0) is 31.6 Å². The normalized spacial score (nSPS) is 29.7. The van der Waals surface area contributed by atoms with Crippen LogP contribution in [0.25, 0.3) is 0 Å². The number of nitrogens with one attached hydrogen (secondary N) is 2. The van der Waals surface area contributed by atoms with Crippen molar-refractivity contribution in [3.05, 3.63) is 0 Å². The summed E-state index contributed by atoms with van der Waals surface area (Å²) in [5.41, 5.74) is 0.0872. The monoisotopic (exact) mass is 506 g/mol. The Hall–Kier alpha value is -0.570. The number of aliphatic imine (C=N–C) groups is 1. The summed E-state index contributed by atoms with van der Waals surface area (Å²) in [6.07, 6.45) is 9.31. The summed E-state index contributed by atoms with van der Waals surface area (Å²) in [5, 5.41) is 7.21. The highest BCUT2D eigenvalue weighted by Gasteiger charge is 2.58. The topological polar surface area (TPSA) is 66.0 Å². The maximum Gasteiger partial charge on any atom is 0.243 e. The van der Waals surface area contributed by atoms with Crippen LogP contribution in [0.15, 0.2) is 4.99 Å². The van der Waals surface area contributed by atoms with Crippen molar-refractivity contribution in [2.24, 2.45) is 22.2 Å². The molecular weight excluding hydrogens is 467 g/mol. The minimum atomic E-state index is 0. The van der Waals surface area contributed by atoms with Gasteiger partial charge in [-0.2, -0.15) is 0 Å². The van der Waals surface area contributed by atoms with Gasteiger partial charge in [-0.25, -0.2) is 4.99 Å². The zero-order valence-corrected chi connectivity index (χ0v) is 20.3. The average Bonchev–Trinajstić information content (AvgIpc) is 2.67. The Balaban J connectivity index is 0.00000280. The standard InChI is InChI=1S/C21H38N4O2.HI/c1-21(2)18(16-11-8-12-27-19(16)21)24-20(23-14-17(26)25(3)4)22-13-15-9-6-5-7-10-15;/h15-16,18-19H,5-14H2,1-4H3,(H2,22,23,24);1H. The predicted molar refractivity (Wildman–Crippen MR) is 124 cm³/mol. The van der Waals surface area contributed by atoms with Gasteiger partial charge < -0.3 is 20.3 Å². The lowest BCUT2D eigenvalue weighted by Gasteiger charge is -2.60. The third-order valence-electron chi connectivity index (χ3n) is 6.78. The maximum absolute atomic E-state index is 12.0. The number of hydrogen-bond acceptors (Lipinski definition) is 3. The summed E-state index contributed by atoms with van der Waals surface area (Å²) in [5.74, 6) is 2.08. The van der Waals surface area contributed by atoms with E-state index in [-0.39, 0.29) is 41.8 Å². The first-order valence-corrected chi connectivity index (χ1v) is 10.8. The van der Waals surface area contributed by atoms with Gasteiger partial charge in [0, 0.05) is 44.6 Å². The van der Waals surface area contributed by atoms with Gasteiger partial charge >= 0.3 is 0 Å². The molecule has 1 heterocycles. The summed E-state index contributed by atoms with van der Waals surface area (Å²) >= 11 is 0. The number of carbonyl (C=O) groups excluding carboxylic acids is 1. The summed E-state index contributed by atoms with van der Waals surface area (Å²) in [4.78, 5) is 18.2. The molecule has 0 bridgehead atoms. The molecule has 6 nitrogen and oxygen atoms in total. The quantitative estimate of drug-likeness (QED) is 0.342. The van der Waals surface area contributed by atoms with E-state index in [0.29, 0.717) is 18.1 Å². The van der Waals surface area contributed by atoms with Crippen molar-refractivity contribution in [2.45, 2.75) is 70.9 Å². The van der Waals surface area contributed by atoms with E-state index in [0.717, 1.165) is 31.4 Å². The minimum absolute atomic E-state index is 0. The van der Waals surface area contributed by atoms with Crippen LogP contribution in [0.2, 0.25) is 0 Å². The van der Waals surface area contributed by atoms with Crippen molar-refractivity contribution in [3.8, 4) is 0 Å². The molecule has 0 aromatic carbocycles. The molecule has 1 amide bonds. The van der Waals surface area contributed by atoms with Gasteiger partial charge in [0.25, 0.3) is 0 Å². The third kappa shape index (κ3) is 5.52. The SMILES string of the molecule is CN(C)C(=O)CN=C(NCC1CCCCC1)NC1C2CCCOC2C1(C)C.I. The van der Waals surface area contributed by atoms with E-state index in [1.54, 1.807) is 19.0 Å². The fourth-order valence-electron chi connectivity index (χ4n) is 5.04. The minimum Gasteiger partial charge on any atom is -0.377 e. The van der Waals surface area contributed by atoms with Crippen LogP contribution in [0.5, 0.6) is 0 Å². The molecule has 0 aromatic rings. The summed E-state index contributed by atoms with van der Waals surface area (Å²) < 4.78 is 6.03. The van der Waals surface area contributed by atoms with Crippen molar-refractivity contribution in [1.29, 1.82) is 0 Å². The lowest BCUT2D eigenvalue weighted by Crippen LogP contribution is -2.71. The van der Waals surface area contributed by atoms with E-state index in [9.17, 15) is 4.79 Å². The third-order valence-corrected chi connectivity index (χ3v) is 6.78. The molecule has 162 valence electrons. The predicted octanol–water partition coefficient (Wildman–Crippen LogP) is 3.01. The molecule has 3 unspecified atom stereocenters. The Labute approximate surface area is 187 Å². The van der Waals surface area contributed by atoms with E-state index >= 15 is 0 Å². The smallest absolute Gasteiger partial charge is 0.243 e. The molecule has 1 aliphatic heterocycles. The number of halogens is 1. The van der Waals surface area contributed by atoms with Crippen molar-refractivity contribution >= 4 is 35.8 Å². The van der Waals surface area contributed by atoms with Crippen LogP contribution in [-0.4, -0.2) is 62.7 Å². The first kappa shape index (κ1) is 23.7. The van der Waals surface area contributed by atoms with Gasteiger partial charge in [0.2, 0.25) is 5.91 Å². The molecule has 2 saturated carbocycles. The number of carbonyl (C=O) groups is 1. The van der Waals surface area contributed by atoms with Gasteiger partial charge in [-0.1, -0.05) is 33.1 Å². The Kier molecular flexibility index (Phi) is 8.85. The molecule has 7 heteroatoms. The van der Waals surface area contributed by atoms with E-state index in [4.69, 9.17) is 4.74 Å². The van der Waals surface area contributed by atoms with Crippen molar-refractivity contribution in [3.63, 3.8) is 0 Å². The highest BCUT2D eigenvalue weighted by Crippen LogP contribution is 2.51. The van der Waals surface area contributed by atoms with Crippen LogP contribution < -0.4 is 10.6 Å². The van der Waals surface area contributed by atoms with Crippen LogP contribution in [0.1, 0.15) is 58.8 Å². The molecule has 0 radical (unpaired) electrons. The zero-order valence-electron chi connectivity index (χ0n) is 18.0. The largest absolute Gasteiger partial charge is 0.377 e. The summed E-state index contributed by atoms with van der Waals surface area (Å²) in [7, 11) is 3.55. The van der Waals surface area contributed by atoms with Gasteiger partial charge in [-0.15, -0.1) is 24.0 Å². The molecule has 3 aliphatic rings. The number of hydrogen-bond donors (Lipinski definition) is 2. The number of rotatable bonds is 5. The van der Waals surface area contributed by atoms with Crippen LogP contribution in [0.3, 0.4) is 0 Å². The van der Waals surface area contributed by atoms with Crippen molar-refractivity contribution in [1.82, 2.24) is 15.5 Å². The molecule has 3 rings (SSSR count). The fraction of sp³-hybridized carbons (Fsp3) is 0.905. The Bertz CT molecular complexity index is 547. The summed E-state index contributed by atoms with van der Waals surface area (Å²) in [6.45, 7) is 6.57. The second-order valence-corrected chi connectivity index (χ2v) is 9.38. The van der Waals surface area contributed by atoms with Crippen molar-refractivity contribution in [2.75, 3.05) is 33.8 Å². The average molecular weight is 506 g/mol. The van der Waals surface area contributed by atoms with Gasteiger partial charge in [0.15, 0.2) is 5.96 Å². The highest BCUT2D eigenvalue weighted by molar-refractivity contribution is 14.0. The van der Waals surface area contributed by atoms with Gasteiger partial charge in [0.05, 0.1) is 6.10 Å². The number of amides is 1. The number of ether oxygens (including phenoxy) is 1. The van der Waals surface area contributed by atoms with Gasteiger partial charge in [-0.3, -0.25) is 4.79 Å². The van der Waals surface area contributed by atoms with Crippen LogP contribution in [0.4, 0.5) is 0 Å². The van der Waals surface area contributed by atoms with Crippen LogP contribution >= 0.6 is 24.0 Å². The van der Waals surface area contributed by atoms with Crippen molar-refractivity contribution < 1.29 is 9.53 Å². The van der Waals surface area contributed by atoms with E-state index in [1.807, 2.05) is 0 Å². The van der Waals surface area contributed by atoms with E-state index in [2.05, 4.69) is 29.5 Å². The number of nitrogens with zero attached hydrogens (tertiary/aromatic N) is 2. The Morgan fingerprint density at radius 3 is 2.54 bits per heavy atom. The molecular formula is C21H39IN4O2. The Morgan fingerprint density at radius 1 is 1.14 bits per heavy atom. The van der Waals surface area contributed by atoms with Crippen LogP contribution in [-0.2, 0) is 9.53 Å². The number of likely N-dealkylation sites (N-methyl/N-ethyl adjacent to an activating group) is 1. The molecule has 0 aromatic heterocycles. The second-order valence-electron chi connectivity index (χ2n) is 9.38. The fourth-order valence-corrected chi connectivity index (χ4v) is 5.04. The molecule has 3 fully saturated rings. The van der Waals surface area contributed by atoms with E-state index in [1.165, 1.54) is 38.5 Å². The second kappa shape index (κ2) is 10.5. The first-order valence-electron chi connectivity index (χ1n) is 10.8. The molecule has 2 N–H and O–H groups in total. The zero-order chi connectivity index (χ0) is 19.4. The first-order chi connectivity index (χ1) is 12.9. The lowest BCUT2D eigenvalue weighted by molar-refractivity contribution is -0.188. The van der Waals surface area contributed by atoms with Crippen LogP contribution in [0, 0.1) is 17.3 Å². The number of fused-ring (bicyclic) bond motifs is 1. The Morgan fingerprint density at radius 2 is 1.86 bits per heavy atom. The summed E-state index contributed by atoms with van der Waals surface area (Å²) in [6, 6.07) is 0.342. The number of guanidine groups is 1. The molecule has 2 aliphatic carbocycles. The maximum atomic E-state index is 12.0. The van der Waals surface area contributed by atoms with Gasteiger partial charge in [0.1, 0.15) is 6.54 Å². The van der Waals surface area contributed by atoms with E-state index < -0.39 is 0 Å². The molecule has 28 heavy (non-hydrogen) atoms.